The van der Waals surface area contributed by atoms with Gasteiger partial charge in [-0.2, -0.15) is 0 Å². The maximum absolute atomic E-state index is 2.35. The van der Waals surface area contributed by atoms with Crippen LogP contribution in [0.15, 0.2) is 71.3 Å². The van der Waals surface area contributed by atoms with E-state index in [-0.39, 0.29) is 0 Å². The molecule has 2 aromatic rings. The summed E-state index contributed by atoms with van der Waals surface area (Å²) in [4.78, 5) is 0. The average Bonchev–Trinajstić information content (AvgIpc) is 3.06. The minimum absolute atomic E-state index is 0.350. The molecule has 0 saturated heterocycles. The molecule has 120 valence electrons. The molecule has 1 aromatic carbocycles. The second kappa shape index (κ2) is 6.19. The van der Waals surface area contributed by atoms with Gasteiger partial charge in [0.1, 0.15) is 18.4 Å². The van der Waals surface area contributed by atoms with Gasteiger partial charge in [0.05, 0.1) is 7.05 Å². The molecule has 0 spiro atoms. The fourth-order valence-corrected chi connectivity index (χ4v) is 3.71. The summed E-state index contributed by atoms with van der Waals surface area (Å²) in [5.41, 5.74) is 7.47. The van der Waals surface area contributed by atoms with Crippen molar-refractivity contribution in [3.05, 3.63) is 76.9 Å². The minimum atomic E-state index is 0.350. The predicted octanol–water partition coefficient (Wildman–Crippen LogP) is 4.59. The lowest BCUT2D eigenvalue weighted by atomic mass is 9.90. The lowest BCUT2D eigenvalue weighted by Gasteiger charge is -2.19. The van der Waals surface area contributed by atoms with Crippen LogP contribution in [0.2, 0.25) is 0 Å². The standard InChI is InChI=1S/C21H27N2/c1-15-16(2)18(4)20(17(15)3)13-21(19-9-7-6-8-10-19)23-12-11-22(5)14-23/h6-12,14,17,21H,13H2,1-5H3/q+1. The molecule has 1 aliphatic carbocycles. The predicted molar refractivity (Wildman–Crippen MR) is 95.0 cm³/mol. The number of rotatable bonds is 4. The van der Waals surface area contributed by atoms with Crippen LogP contribution in [0.4, 0.5) is 0 Å². The Labute approximate surface area is 139 Å². The molecule has 23 heavy (non-hydrogen) atoms. The average molecular weight is 307 g/mol. The lowest BCUT2D eigenvalue weighted by Crippen LogP contribution is -2.24. The van der Waals surface area contributed by atoms with Gasteiger partial charge in [-0.25, -0.2) is 9.13 Å². The van der Waals surface area contributed by atoms with Crippen molar-refractivity contribution >= 4 is 0 Å². The smallest absolute Gasteiger partial charge is 0.240 e. The summed E-state index contributed by atoms with van der Waals surface area (Å²) >= 11 is 0. The molecule has 1 aromatic heterocycles. The highest BCUT2D eigenvalue weighted by Gasteiger charge is 2.28. The summed E-state index contributed by atoms with van der Waals surface area (Å²) in [6.07, 6.45) is 7.55. The van der Waals surface area contributed by atoms with E-state index in [4.69, 9.17) is 0 Å². The monoisotopic (exact) mass is 307 g/mol. The molecule has 3 rings (SSSR count). The van der Waals surface area contributed by atoms with Gasteiger partial charge in [0.25, 0.3) is 0 Å². The van der Waals surface area contributed by atoms with Crippen molar-refractivity contribution in [2.45, 2.75) is 40.2 Å². The first kappa shape index (κ1) is 15.8. The Hall–Kier alpha value is -2.09. The van der Waals surface area contributed by atoms with E-state index in [1.807, 2.05) is 0 Å². The Kier molecular flexibility index (Phi) is 4.25. The summed E-state index contributed by atoms with van der Waals surface area (Å²) in [5.74, 6) is 0.561. The number of aromatic nitrogens is 2. The summed E-state index contributed by atoms with van der Waals surface area (Å²) in [6.45, 7) is 9.18. The van der Waals surface area contributed by atoms with Crippen LogP contribution in [-0.2, 0) is 7.05 Å². The van der Waals surface area contributed by atoms with E-state index >= 15 is 0 Å². The Morgan fingerprint density at radius 1 is 1.09 bits per heavy atom. The summed E-state index contributed by atoms with van der Waals surface area (Å²) < 4.78 is 4.45. The highest BCUT2D eigenvalue weighted by atomic mass is 15.1. The molecule has 0 amide bonds. The van der Waals surface area contributed by atoms with Gasteiger partial charge >= 0.3 is 0 Å². The first-order chi connectivity index (χ1) is 11.0. The maximum atomic E-state index is 2.35. The van der Waals surface area contributed by atoms with Crippen LogP contribution in [-0.4, -0.2) is 4.57 Å². The SMILES string of the molecule is CC1=C(C)C(C)C(CC(c2ccccc2)n2cc[n+](C)c2)=C1C. The zero-order valence-electron chi connectivity index (χ0n) is 14.9. The van der Waals surface area contributed by atoms with Gasteiger partial charge in [-0.3, -0.25) is 0 Å². The second-order valence-electron chi connectivity index (χ2n) is 6.84. The number of benzene rings is 1. The fraction of sp³-hybridized carbons (Fsp3) is 0.381. The van der Waals surface area contributed by atoms with Crippen LogP contribution in [0.5, 0.6) is 0 Å². The summed E-state index contributed by atoms with van der Waals surface area (Å²) in [6, 6.07) is 11.2. The molecule has 2 heteroatoms. The Bertz CT molecular complexity index is 762. The molecule has 2 nitrogen and oxygen atoms in total. The van der Waals surface area contributed by atoms with E-state index in [2.05, 4.69) is 92.9 Å². The van der Waals surface area contributed by atoms with E-state index in [0.717, 1.165) is 6.42 Å². The van der Waals surface area contributed by atoms with Crippen LogP contribution >= 0.6 is 0 Å². The number of nitrogens with zero attached hydrogens (tertiary/aromatic N) is 2. The van der Waals surface area contributed by atoms with Crippen molar-refractivity contribution in [3.8, 4) is 0 Å². The lowest BCUT2D eigenvalue weighted by molar-refractivity contribution is -0.671. The third-order valence-corrected chi connectivity index (χ3v) is 5.55. The number of hydrogen-bond donors (Lipinski definition) is 0. The van der Waals surface area contributed by atoms with Gasteiger partial charge < -0.3 is 0 Å². The van der Waals surface area contributed by atoms with Crippen molar-refractivity contribution < 1.29 is 4.57 Å². The third kappa shape index (κ3) is 2.90. The third-order valence-electron chi connectivity index (χ3n) is 5.55. The quantitative estimate of drug-likeness (QED) is 0.730. The van der Waals surface area contributed by atoms with Crippen molar-refractivity contribution in [1.29, 1.82) is 0 Å². The minimum Gasteiger partial charge on any atom is -0.240 e. The van der Waals surface area contributed by atoms with E-state index < -0.39 is 0 Å². The molecule has 2 unspecified atom stereocenters. The Morgan fingerprint density at radius 2 is 1.78 bits per heavy atom. The molecular formula is C21H27N2+. The van der Waals surface area contributed by atoms with E-state index in [1.54, 1.807) is 5.57 Å². The Morgan fingerprint density at radius 3 is 2.30 bits per heavy atom. The van der Waals surface area contributed by atoms with Gasteiger partial charge in [-0.1, -0.05) is 48.4 Å². The summed E-state index contributed by atoms with van der Waals surface area (Å²) in [7, 11) is 2.08. The van der Waals surface area contributed by atoms with Crippen LogP contribution in [0.25, 0.3) is 0 Å². The van der Waals surface area contributed by atoms with Crippen molar-refractivity contribution in [2.75, 3.05) is 0 Å². The second-order valence-corrected chi connectivity index (χ2v) is 6.84. The summed E-state index contributed by atoms with van der Waals surface area (Å²) in [5, 5.41) is 0. The van der Waals surface area contributed by atoms with Gasteiger partial charge in [0.2, 0.25) is 6.33 Å². The van der Waals surface area contributed by atoms with Gasteiger partial charge in [-0.05, 0) is 43.4 Å². The van der Waals surface area contributed by atoms with E-state index in [0.29, 0.717) is 12.0 Å². The Balaban J connectivity index is 1.98. The molecule has 2 atom stereocenters. The number of aryl methyl sites for hydroxylation is 1. The first-order valence-corrected chi connectivity index (χ1v) is 8.44. The van der Waals surface area contributed by atoms with Crippen LogP contribution in [0, 0.1) is 5.92 Å². The zero-order chi connectivity index (χ0) is 16.6. The number of allylic oxidation sites excluding steroid dienone is 4. The zero-order valence-corrected chi connectivity index (χ0v) is 14.9. The van der Waals surface area contributed by atoms with E-state index in [1.165, 1.54) is 22.3 Å². The van der Waals surface area contributed by atoms with E-state index in [9.17, 15) is 0 Å². The van der Waals surface area contributed by atoms with Crippen LogP contribution < -0.4 is 4.57 Å². The fourth-order valence-electron chi connectivity index (χ4n) is 3.71. The van der Waals surface area contributed by atoms with Gasteiger partial charge in [0.15, 0.2) is 0 Å². The van der Waals surface area contributed by atoms with Crippen molar-refractivity contribution in [2.24, 2.45) is 13.0 Å². The molecule has 1 heterocycles. The first-order valence-electron chi connectivity index (χ1n) is 8.44. The van der Waals surface area contributed by atoms with Crippen LogP contribution in [0.3, 0.4) is 0 Å². The van der Waals surface area contributed by atoms with Gasteiger partial charge in [-0.15, -0.1) is 0 Å². The molecular weight excluding hydrogens is 280 g/mol. The topological polar surface area (TPSA) is 8.81 Å². The molecule has 0 aliphatic heterocycles. The maximum Gasteiger partial charge on any atom is 0.244 e. The molecule has 0 saturated carbocycles. The number of imidazole rings is 1. The highest BCUT2D eigenvalue weighted by molar-refractivity contribution is 5.47. The van der Waals surface area contributed by atoms with Crippen molar-refractivity contribution in [1.82, 2.24) is 4.57 Å². The van der Waals surface area contributed by atoms with Crippen molar-refractivity contribution in [3.63, 3.8) is 0 Å². The van der Waals surface area contributed by atoms with Gasteiger partial charge in [0, 0.05) is 6.42 Å². The highest BCUT2D eigenvalue weighted by Crippen LogP contribution is 2.41. The molecule has 0 N–H and O–H groups in total. The molecule has 0 fully saturated rings. The van der Waals surface area contributed by atoms with Crippen LogP contribution in [0.1, 0.15) is 45.7 Å². The molecule has 0 bridgehead atoms. The number of hydrogen-bond acceptors (Lipinski definition) is 0. The largest absolute Gasteiger partial charge is 0.244 e. The molecule has 0 radical (unpaired) electrons. The normalized spacial score (nSPS) is 19.6. The molecule has 1 aliphatic rings.